The molecule has 1 heterocycles. The summed E-state index contributed by atoms with van der Waals surface area (Å²) in [5.41, 5.74) is 1.45. The summed E-state index contributed by atoms with van der Waals surface area (Å²) in [5, 5.41) is 2.97. The van der Waals surface area contributed by atoms with E-state index in [0.717, 1.165) is 27.0 Å². The second-order valence-electron chi connectivity index (χ2n) is 7.28. The first-order valence-electron chi connectivity index (χ1n) is 9.43. The molecule has 1 N–H and O–H groups in total. The van der Waals surface area contributed by atoms with Crippen LogP contribution in [0.3, 0.4) is 0 Å². The first-order chi connectivity index (χ1) is 13.8. The molecule has 0 aromatic heterocycles. The van der Waals surface area contributed by atoms with Crippen LogP contribution >= 0.6 is 22.6 Å². The van der Waals surface area contributed by atoms with E-state index in [2.05, 4.69) is 40.0 Å². The van der Waals surface area contributed by atoms with Gasteiger partial charge in [0.15, 0.2) is 0 Å². The third kappa shape index (κ3) is 5.70. The summed E-state index contributed by atoms with van der Waals surface area (Å²) in [4.78, 5) is 12.7. The molecule has 1 amide bonds. The molecule has 0 bridgehead atoms. The van der Waals surface area contributed by atoms with Gasteiger partial charge in [-0.2, -0.15) is 0 Å². The molecule has 2 aromatic carbocycles. The van der Waals surface area contributed by atoms with Crippen LogP contribution in [0, 0.1) is 3.57 Å². The Morgan fingerprint density at radius 1 is 1.10 bits per heavy atom. The molecule has 0 atom stereocenters. The molecule has 29 heavy (non-hydrogen) atoms. The maximum Gasteiger partial charge on any atom is 0.240 e. The number of nitrogens with one attached hydrogen (secondary N) is 1. The van der Waals surface area contributed by atoms with Gasteiger partial charge in [-0.05, 0) is 65.3 Å². The lowest BCUT2D eigenvalue weighted by molar-refractivity contribution is -0.120. The van der Waals surface area contributed by atoms with E-state index in [1.807, 2.05) is 30.3 Å². The van der Waals surface area contributed by atoms with Crippen molar-refractivity contribution in [3.63, 3.8) is 0 Å². The zero-order valence-corrected chi connectivity index (χ0v) is 19.3. The zero-order valence-electron chi connectivity index (χ0n) is 16.3. The molecule has 8 heteroatoms. The van der Waals surface area contributed by atoms with E-state index in [0.29, 0.717) is 25.4 Å². The van der Waals surface area contributed by atoms with Gasteiger partial charge >= 0.3 is 0 Å². The van der Waals surface area contributed by atoms with E-state index < -0.39 is 10.0 Å². The number of hydrogen-bond acceptors (Lipinski definition) is 4. The topological polar surface area (TPSA) is 75.7 Å². The molecule has 1 aliphatic rings. The lowest BCUT2D eigenvalue weighted by Gasteiger charge is -2.38. The minimum Gasteiger partial charge on any atom is -0.381 e. The molecule has 1 saturated heterocycles. The lowest BCUT2D eigenvalue weighted by Crippen LogP contribution is -2.47. The smallest absolute Gasteiger partial charge is 0.240 e. The standard InChI is InChI=1S/C21H25IN2O4S/c1-29(26,27)24(19-9-7-18(22)8-10-19)15-20(25)23-16-21(11-13-28-14-12-21)17-5-3-2-4-6-17/h2-10H,11-16H2,1H3,(H,23,25). The van der Waals surface area contributed by atoms with Crippen molar-refractivity contribution >= 4 is 44.2 Å². The third-order valence-corrected chi connectivity index (χ3v) is 7.12. The normalized spacial score (nSPS) is 16.2. The van der Waals surface area contributed by atoms with E-state index in [4.69, 9.17) is 4.74 Å². The molecule has 1 aliphatic heterocycles. The van der Waals surface area contributed by atoms with E-state index in [9.17, 15) is 13.2 Å². The van der Waals surface area contributed by atoms with Crippen molar-refractivity contribution in [1.29, 1.82) is 0 Å². The molecule has 0 saturated carbocycles. The van der Waals surface area contributed by atoms with E-state index in [1.165, 1.54) is 5.56 Å². The number of carbonyl (C=O) groups is 1. The van der Waals surface area contributed by atoms with E-state index >= 15 is 0 Å². The molecule has 1 fully saturated rings. The predicted molar refractivity (Wildman–Crippen MR) is 123 cm³/mol. The van der Waals surface area contributed by atoms with Gasteiger partial charge in [0, 0.05) is 28.7 Å². The Balaban J connectivity index is 1.73. The van der Waals surface area contributed by atoms with Gasteiger partial charge in [-0.3, -0.25) is 9.10 Å². The Kier molecular flexibility index (Phi) is 7.18. The average molecular weight is 528 g/mol. The summed E-state index contributed by atoms with van der Waals surface area (Å²) in [5.74, 6) is -0.323. The quantitative estimate of drug-likeness (QED) is 0.561. The predicted octanol–water partition coefficient (Wildman–Crippen LogP) is 2.92. The number of anilines is 1. The molecule has 0 spiro atoms. The van der Waals surface area contributed by atoms with Gasteiger partial charge in [0.1, 0.15) is 6.54 Å². The van der Waals surface area contributed by atoms with Gasteiger partial charge in [-0.15, -0.1) is 0 Å². The van der Waals surface area contributed by atoms with Crippen molar-refractivity contribution in [3.05, 3.63) is 63.7 Å². The summed E-state index contributed by atoms with van der Waals surface area (Å²) in [6.07, 6.45) is 2.73. The lowest BCUT2D eigenvalue weighted by atomic mass is 9.74. The average Bonchev–Trinajstić information content (AvgIpc) is 2.72. The fourth-order valence-corrected chi connectivity index (χ4v) is 4.80. The van der Waals surface area contributed by atoms with Crippen molar-refractivity contribution < 1.29 is 17.9 Å². The minimum absolute atomic E-state index is 0.200. The minimum atomic E-state index is -3.59. The molecule has 0 radical (unpaired) electrons. The van der Waals surface area contributed by atoms with Crippen molar-refractivity contribution in [2.24, 2.45) is 0 Å². The first kappa shape index (κ1) is 22.0. The van der Waals surface area contributed by atoms with E-state index in [1.54, 1.807) is 12.1 Å². The maximum atomic E-state index is 12.7. The molecule has 156 valence electrons. The number of ether oxygens (including phenoxy) is 1. The number of rotatable bonds is 7. The largest absolute Gasteiger partial charge is 0.381 e. The van der Waals surface area contributed by atoms with Gasteiger partial charge in [0.25, 0.3) is 0 Å². The van der Waals surface area contributed by atoms with Gasteiger partial charge in [-0.1, -0.05) is 30.3 Å². The van der Waals surface area contributed by atoms with Gasteiger partial charge in [-0.25, -0.2) is 8.42 Å². The Morgan fingerprint density at radius 2 is 1.72 bits per heavy atom. The van der Waals surface area contributed by atoms with Crippen LogP contribution in [0.15, 0.2) is 54.6 Å². The number of halogens is 1. The van der Waals surface area contributed by atoms with Crippen LogP contribution in [0.25, 0.3) is 0 Å². The van der Waals surface area contributed by atoms with Crippen LogP contribution in [-0.4, -0.2) is 46.9 Å². The SMILES string of the molecule is CS(=O)(=O)N(CC(=O)NCC1(c2ccccc2)CCOCC1)c1ccc(I)cc1. The summed E-state index contributed by atoms with van der Waals surface area (Å²) in [6.45, 7) is 1.48. The molecule has 3 rings (SSSR count). The van der Waals surface area contributed by atoms with Crippen LogP contribution in [0.4, 0.5) is 5.69 Å². The Hall–Kier alpha value is -1.65. The van der Waals surface area contributed by atoms with Crippen LogP contribution in [-0.2, 0) is 25.0 Å². The second-order valence-corrected chi connectivity index (χ2v) is 10.4. The monoisotopic (exact) mass is 528 g/mol. The van der Waals surface area contributed by atoms with Crippen molar-refractivity contribution in [2.75, 3.05) is 36.9 Å². The second kappa shape index (κ2) is 9.44. The van der Waals surface area contributed by atoms with Crippen LogP contribution in [0.5, 0.6) is 0 Å². The zero-order chi connectivity index (χ0) is 20.9. The highest BCUT2D eigenvalue weighted by Gasteiger charge is 2.35. The van der Waals surface area contributed by atoms with E-state index in [-0.39, 0.29) is 17.9 Å². The van der Waals surface area contributed by atoms with Gasteiger partial charge in [0.05, 0.1) is 11.9 Å². The summed E-state index contributed by atoms with van der Waals surface area (Å²) >= 11 is 2.15. The van der Waals surface area contributed by atoms with Gasteiger partial charge in [0.2, 0.25) is 15.9 Å². The Labute approximate surface area is 185 Å². The summed E-state index contributed by atoms with van der Waals surface area (Å²) in [6, 6.07) is 17.2. The third-order valence-electron chi connectivity index (χ3n) is 5.26. The number of hydrogen-bond donors (Lipinski definition) is 1. The number of benzene rings is 2. The van der Waals surface area contributed by atoms with Crippen LogP contribution < -0.4 is 9.62 Å². The molecule has 2 aromatic rings. The highest BCUT2D eigenvalue weighted by atomic mass is 127. The Bertz CT molecular complexity index is 927. The highest BCUT2D eigenvalue weighted by Crippen LogP contribution is 2.34. The van der Waals surface area contributed by atoms with Crippen LogP contribution in [0.1, 0.15) is 18.4 Å². The first-order valence-corrected chi connectivity index (χ1v) is 12.4. The fraction of sp³-hybridized carbons (Fsp3) is 0.381. The van der Waals surface area contributed by atoms with Crippen molar-refractivity contribution in [2.45, 2.75) is 18.3 Å². The van der Waals surface area contributed by atoms with Gasteiger partial charge < -0.3 is 10.1 Å². The number of carbonyl (C=O) groups excluding carboxylic acids is 1. The summed E-state index contributed by atoms with van der Waals surface area (Å²) in [7, 11) is -3.59. The number of nitrogens with zero attached hydrogens (tertiary/aromatic N) is 1. The summed E-state index contributed by atoms with van der Waals surface area (Å²) < 4.78 is 32.2. The Morgan fingerprint density at radius 3 is 2.31 bits per heavy atom. The van der Waals surface area contributed by atoms with Crippen LogP contribution in [0.2, 0.25) is 0 Å². The number of amides is 1. The van der Waals surface area contributed by atoms with Crippen molar-refractivity contribution in [3.8, 4) is 0 Å². The number of sulfonamides is 1. The molecular weight excluding hydrogens is 503 g/mol. The molecular formula is C21H25IN2O4S. The molecule has 0 unspecified atom stereocenters. The molecule has 0 aliphatic carbocycles. The molecule has 6 nitrogen and oxygen atoms in total. The van der Waals surface area contributed by atoms with Crippen molar-refractivity contribution in [1.82, 2.24) is 5.32 Å². The fourth-order valence-electron chi connectivity index (χ4n) is 3.58. The highest BCUT2D eigenvalue weighted by molar-refractivity contribution is 14.1. The maximum absolute atomic E-state index is 12.7.